The Morgan fingerprint density at radius 2 is 1.44 bits per heavy atom. The van der Waals surface area contributed by atoms with Gasteiger partial charge in [-0.15, -0.1) is 0 Å². The fourth-order valence-electron chi connectivity index (χ4n) is 3.56. The van der Waals surface area contributed by atoms with Crippen LogP contribution in [0.4, 0.5) is 11.4 Å². The van der Waals surface area contributed by atoms with Crippen LogP contribution in [0.15, 0.2) is 99.8 Å². The molecule has 5 aromatic rings. The zero-order valence-corrected chi connectivity index (χ0v) is 20.1. The Morgan fingerprint density at radius 3 is 2.17 bits per heavy atom. The van der Waals surface area contributed by atoms with Gasteiger partial charge in [0.15, 0.2) is 5.76 Å². The van der Waals surface area contributed by atoms with E-state index in [0.29, 0.717) is 38.5 Å². The molecule has 0 saturated heterocycles. The molecule has 0 radical (unpaired) electrons. The molecule has 0 unspecified atom stereocenters. The van der Waals surface area contributed by atoms with Crippen molar-refractivity contribution in [2.45, 2.75) is 0 Å². The van der Waals surface area contributed by atoms with Crippen molar-refractivity contribution in [2.24, 2.45) is 0 Å². The van der Waals surface area contributed by atoms with Gasteiger partial charge in [0.2, 0.25) is 5.91 Å². The zero-order chi connectivity index (χ0) is 25.1. The monoisotopic (exact) mass is 516 g/mol. The third-order valence-corrected chi connectivity index (χ3v) is 5.67. The van der Waals surface area contributed by atoms with E-state index in [9.17, 15) is 9.59 Å². The SMILES string of the molecule is O=C(/C=C/c1ccc(-c2cc(Cl)cc(Cl)c2)o1)Nc1ccc(NC(=O)c2cc3ccccc3o2)cc1. The Bertz CT molecular complexity index is 1550. The van der Waals surface area contributed by atoms with Gasteiger partial charge in [0.25, 0.3) is 5.91 Å². The molecule has 0 aliphatic rings. The second kappa shape index (κ2) is 10.2. The first-order chi connectivity index (χ1) is 17.4. The second-order valence-corrected chi connectivity index (χ2v) is 8.74. The number of hydrogen-bond acceptors (Lipinski definition) is 4. The predicted molar refractivity (Wildman–Crippen MR) is 142 cm³/mol. The average molecular weight is 517 g/mol. The first kappa shape index (κ1) is 23.5. The topological polar surface area (TPSA) is 84.5 Å². The number of fused-ring (bicyclic) bond motifs is 1. The standard InChI is InChI=1S/C28H18Cl2N2O4/c29-19-13-18(14-20(30)16-19)25-11-9-23(35-25)10-12-27(33)31-21-5-7-22(8-6-21)32-28(34)26-15-17-3-1-2-4-24(17)36-26/h1-16H,(H,31,33)(H,32,34)/b12-10+. The zero-order valence-electron chi connectivity index (χ0n) is 18.6. The van der Waals surface area contributed by atoms with Gasteiger partial charge in [0.1, 0.15) is 17.1 Å². The van der Waals surface area contributed by atoms with E-state index >= 15 is 0 Å². The van der Waals surface area contributed by atoms with Gasteiger partial charge in [-0.25, -0.2) is 0 Å². The lowest BCUT2D eigenvalue weighted by Crippen LogP contribution is -2.11. The minimum Gasteiger partial charge on any atom is -0.457 e. The summed E-state index contributed by atoms with van der Waals surface area (Å²) in [5.74, 6) is 0.611. The Morgan fingerprint density at radius 1 is 0.750 bits per heavy atom. The van der Waals surface area contributed by atoms with Crippen molar-refractivity contribution in [3.8, 4) is 11.3 Å². The van der Waals surface area contributed by atoms with Crippen LogP contribution in [0, 0.1) is 0 Å². The van der Waals surface area contributed by atoms with E-state index in [0.717, 1.165) is 10.9 Å². The molecule has 0 spiro atoms. The number of carbonyl (C=O) groups excluding carboxylic acids is 2. The van der Waals surface area contributed by atoms with Crippen molar-refractivity contribution in [2.75, 3.05) is 10.6 Å². The largest absolute Gasteiger partial charge is 0.457 e. The molecule has 2 amide bonds. The van der Waals surface area contributed by atoms with Crippen molar-refractivity contribution in [1.29, 1.82) is 0 Å². The van der Waals surface area contributed by atoms with Gasteiger partial charge in [-0.05, 0) is 72.8 Å². The molecule has 2 aromatic heterocycles. The summed E-state index contributed by atoms with van der Waals surface area (Å²) in [5.41, 5.74) is 2.52. The first-order valence-electron chi connectivity index (χ1n) is 10.9. The van der Waals surface area contributed by atoms with Crippen molar-refractivity contribution in [1.82, 2.24) is 0 Å². The summed E-state index contributed by atoms with van der Waals surface area (Å²) >= 11 is 12.1. The summed E-state index contributed by atoms with van der Waals surface area (Å²) in [4.78, 5) is 24.8. The molecule has 5 rings (SSSR count). The quantitative estimate of drug-likeness (QED) is 0.224. The summed E-state index contributed by atoms with van der Waals surface area (Å²) in [6, 6.07) is 24.5. The normalized spacial score (nSPS) is 11.2. The maximum atomic E-state index is 12.5. The minimum absolute atomic E-state index is 0.221. The highest BCUT2D eigenvalue weighted by Crippen LogP contribution is 2.29. The average Bonchev–Trinajstić information content (AvgIpc) is 3.51. The van der Waals surface area contributed by atoms with Crippen LogP contribution in [0.5, 0.6) is 0 Å². The van der Waals surface area contributed by atoms with E-state index in [1.165, 1.54) is 6.08 Å². The van der Waals surface area contributed by atoms with E-state index in [4.69, 9.17) is 32.0 Å². The minimum atomic E-state index is -0.358. The molecule has 178 valence electrons. The maximum absolute atomic E-state index is 12.5. The maximum Gasteiger partial charge on any atom is 0.291 e. The van der Waals surface area contributed by atoms with Gasteiger partial charge in [-0.3, -0.25) is 9.59 Å². The van der Waals surface area contributed by atoms with Gasteiger partial charge < -0.3 is 19.5 Å². The molecule has 0 bridgehead atoms. The van der Waals surface area contributed by atoms with Crippen LogP contribution in [0.3, 0.4) is 0 Å². The number of rotatable bonds is 6. The molecule has 36 heavy (non-hydrogen) atoms. The number of carbonyl (C=O) groups is 2. The number of para-hydroxylation sites is 1. The van der Waals surface area contributed by atoms with E-state index in [-0.39, 0.29) is 17.6 Å². The molecular weight excluding hydrogens is 499 g/mol. The van der Waals surface area contributed by atoms with Crippen LogP contribution in [-0.2, 0) is 4.79 Å². The second-order valence-electron chi connectivity index (χ2n) is 7.86. The third-order valence-electron chi connectivity index (χ3n) is 5.23. The van der Waals surface area contributed by atoms with Gasteiger partial charge >= 0.3 is 0 Å². The van der Waals surface area contributed by atoms with E-state index in [2.05, 4.69) is 10.6 Å². The number of anilines is 2. The van der Waals surface area contributed by atoms with Gasteiger partial charge in [-0.1, -0.05) is 41.4 Å². The summed E-state index contributed by atoms with van der Waals surface area (Å²) in [6.07, 6.45) is 2.93. The van der Waals surface area contributed by atoms with Crippen LogP contribution < -0.4 is 10.6 Å². The van der Waals surface area contributed by atoms with Gasteiger partial charge in [-0.2, -0.15) is 0 Å². The lowest BCUT2D eigenvalue weighted by Gasteiger charge is -2.06. The van der Waals surface area contributed by atoms with Crippen molar-refractivity contribution in [3.05, 3.63) is 113 Å². The number of halogens is 2. The van der Waals surface area contributed by atoms with Crippen molar-refractivity contribution in [3.63, 3.8) is 0 Å². The first-order valence-corrected chi connectivity index (χ1v) is 11.6. The van der Waals surface area contributed by atoms with Crippen LogP contribution in [-0.4, -0.2) is 11.8 Å². The molecule has 8 heteroatoms. The van der Waals surface area contributed by atoms with Crippen LogP contribution in [0.2, 0.25) is 10.0 Å². The summed E-state index contributed by atoms with van der Waals surface area (Å²) in [5, 5.41) is 7.41. The molecule has 0 saturated carbocycles. The molecule has 2 heterocycles. The Hall–Kier alpha value is -4.26. The van der Waals surface area contributed by atoms with Crippen LogP contribution in [0.1, 0.15) is 16.3 Å². The molecule has 0 atom stereocenters. The van der Waals surface area contributed by atoms with E-state index in [1.54, 1.807) is 72.8 Å². The Balaban J connectivity index is 1.18. The lowest BCUT2D eigenvalue weighted by atomic mass is 10.2. The molecular formula is C28H18Cl2N2O4. The predicted octanol–water partition coefficient (Wildman–Crippen LogP) is 7.90. The number of nitrogens with one attached hydrogen (secondary N) is 2. The molecule has 0 aliphatic heterocycles. The van der Waals surface area contributed by atoms with E-state index < -0.39 is 0 Å². The highest BCUT2D eigenvalue weighted by Gasteiger charge is 2.12. The molecule has 0 aliphatic carbocycles. The fourth-order valence-corrected chi connectivity index (χ4v) is 4.08. The third kappa shape index (κ3) is 5.51. The number of benzene rings is 3. The van der Waals surface area contributed by atoms with Crippen LogP contribution in [0.25, 0.3) is 28.4 Å². The van der Waals surface area contributed by atoms with E-state index in [1.807, 2.05) is 18.2 Å². The Kier molecular flexibility index (Phi) is 6.62. The smallest absolute Gasteiger partial charge is 0.291 e. The summed E-state index contributed by atoms with van der Waals surface area (Å²) in [7, 11) is 0. The van der Waals surface area contributed by atoms with Gasteiger partial charge in [0.05, 0.1) is 0 Å². The van der Waals surface area contributed by atoms with Crippen molar-refractivity contribution >= 4 is 63.4 Å². The lowest BCUT2D eigenvalue weighted by molar-refractivity contribution is -0.111. The van der Waals surface area contributed by atoms with Gasteiger partial charge in [0, 0.05) is 38.4 Å². The molecule has 2 N–H and O–H groups in total. The molecule has 6 nitrogen and oxygen atoms in total. The fraction of sp³-hybridized carbons (Fsp3) is 0. The van der Waals surface area contributed by atoms with Crippen LogP contribution >= 0.6 is 23.2 Å². The molecule has 0 fully saturated rings. The molecule has 3 aromatic carbocycles. The summed E-state index contributed by atoms with van der Waals surface area (Å²) < 4.78 is 11.3. The highest BCUT2D eigenvalue weighted by molar-refractivity contribution is 6.35. The van der Waals surface area contributed by atoms with Crippen molar-refractivity contribution < 1.29 is 18.4 Å². The Labute approximate surface area is 216 Å². The number of furan rings is 2. The number of hydrogen-bond donors (Lipinski definition) is 2. The highest BCUT2D eigenvalue weighted by atomic mass is 35.5. The summed E-state index contributed by atoms with van der Waals surface area (Å²) in [6.45, 7) is 0. The number of amides is 2.